The summed E-state index contributed by atoms with van der Waals surface area (Å²) >= 11 is 1.58. The summed E-state index contributed by atoms with van der Waals surface area (Å²) in [4.78, 5) is 8.43. The molecule has 0 spiro atoms. The van der Waals surface area contributed by atoms with Gasteiger partial charge in [0.1, 0.15) is 10.8 Å². The lowest BCUT2D eigenvalue weighted by atomic mass is 10.4. The van der Waals surface area contributed by atoms with E-state index in [9.17, 15) is 0 Å². The molecule has 0 fully saturated rings. The van der Waals surface area contributed by atoms with Gasteiger partial charge < -0.3 is 10.3 Å². The van der Waals surface area contributed by atoms with Crippen LogP contribution >= 0.6 is 11.3 Å². The van der Waals surface area contributed by atoms with Crippen LogP contribution in [0.4, 0.5) is 5.82 Å². The van der Waals surface area contributed by atoms with Crippen LogP contribution in [0.15, 0.2) is 11.7 Å². The fourth-order valence-electron chi connectivity index (χ4n) is 1.25. The van der Waals surface area contributed by atoms with Crippen molar-refractivity contribution in [3.05, 3.63) is 28.1 Å². The van der Waals surface area contributed by atoms with Crippen LogP contribution in [0.5, 0.6) is 0 Å². The largest absolute Gasteiger partial charge is 0.383 e. The maximum Gasteiger partial charge on any atom is 0.134 e. The predicted molar refractivity (Wildman–Crippen MR) is 57.3 cm³/mol. The first-order valence-electron chi connectivity index (χ1n) is 4.35. The number of anilines is 1. The van der Waals surface area contributed by atoms with Crippen LogP contribution in [0, 0.1) is 13.8 Å². The third-order valence-electron chi connectivity index (χ3n) is 2.22. The van der Waals surface area contributed by atoms with E-state index in [1.54, 1.807) is 11.3 Å². The van der Waals surface area contributed by atoms with Crippen molar-refractivity contribution >= 4 is 17.2 Å². The van der Waals surface area contributed by atoms with Crippen molar-refractivity contribution in [1.82, 2.24) is 14.5 Å². The Kier molecular flexibility index (Phi) is 2.25. The highest BCUT2D eigenvalue weighted by atomic mass is 32.1. The highest BCUT2D eigenvalue weighted by Crippen LogP contribution is 2.14. The van der Waals surface area contributed by atoms with Crippen molar-refractivity contribution in [2.24, 2.45) is 0 Å². The number of hydrogen-bond donors (Lipinski definition) is 1. The number of rotatable bonds is 2. The summed E-state index contributed by atoms with van der Waals surface area (Å²) in [5, 5.41) is 2.87. The standard InChI is InChI=1S/C9H12N4S/c1-6-7(2)13(5-11-6)3-9-12-8(10)4-14-9/h4-5H,3,10H2,1-2H3. The van der Waals surface area contributed by atoms with Crippen molar-refractivity contribution in [3.8, 4) is 0 Å². The van der Waals surface area contributed by atoms with Gasteiger partial charge in [-0.25, -0.2) is 9.97 Å². The number of thiazole rings is 1. The van der Waals surface area contributed by atoms with E-state index in [-0.39, 0.29) is 0 Å². The summed E-state index contributed by atoms with van der Waals surface area (Å²) in [7, 11) is 0. The smallest absolute Gasteiger partial charge is 0.134 e. The Hall–Kier alpha value is -1.36. The quantitative estimate of drug-likeness (QED) is 0.815. The van der Waals surface area contributed by atoms with Gasteiger partial charge in [-0.05, 0) is 13.8 Å². The molecule has 0 aliphatic heterocycles. The molecule has 4 nitrogen and oxygen atoms in total. The van der Waals surface area contributed by atoms with Gasteiger partial charge in [-0.2, -0.15) is 0 Å². The van der Waals surface area contributed by atoms with Gasteiger partial charge in [-0.15, -0.1) is 11.3 Å². The number of hydrogen-bond acceptors (Lipinski definition) is 4. The lowest BCUT2D eigenvalue weighted by Crippen LogP contribution is -2.00. The molecule has 0 aliphatic rings. The first-order chi connectivity index (χ1) is 6.66. The monoisotopic (exact) mass is 208 g/mol. The molecule has 2 aromatic heterocycles. The molecule has 0 aromatic carbocycles. The first-order valence-corrected chi connectivity index (χ1v) is 5.23. The highest BCUT2D eigenvalue weighted by Gasteiger charge is 2.04. The molecule has 0 atom stereocenters. The predicted octanol–water partition coefficient (Wildman–Crippen LogP) is 1.59. The van der Waals surface area contributed by atoms with Gasteiger partial charge in [0.15, 0.2) is 0 Å². The van der Waals surface area contributed by atoms with Crippen molar-refractivity contribution in [2.75, 3.05) is 5.73 Å². The molecule has 0 unspecified atom stereocenters. The van der Waals surface area contributed by atoms with Crippen LogP contribution in [-0.2, 0) is 6.54 Å². The van der Waals surface area contributed by atoms with Crippen molar-refractivity contribution in [1.29, 1.82) is 0 Å². The Bertz CT molecular complexity index is 443. The summed E-state index contributed by atoms with van der Waals surface area (Å²) in [6.45, 7) is 4.82. The number of nitrogen functional groups attached to an aromatic ring is 1. The van der Waals surface area contributed by atoms with Gasteiger partial charge in [0, 0.05) is 11.1 Å². The minimum Gasteiger partial charge on any atom is -0.383 e. The van der Waals surface area contributed by atoms with Crippen molar-refractivity contribution in [3.63, 3.8) is 0 Å². The summed E-state index contributed by atoms with van der Waals surface area (Å²) in [5.74, 6) is 0.597. The zero-order chi connectivity index (χ0) is 10.1. The molecule has 14 heavy (non-hydrogen) atoms. The Balaban J connectivity index is 2.22. The minimum absolute atomic E-state index is 0.597. The molecule has 0 amide bonds. The van der Waals surface area contributed by atoms with E-state index in [1.807, 2.05) is 18.6 Å². The maximum absolute atomic E-state index is 5.55. The summed E-state index contributed by atoms with van der Waals surface area (Å²) in [6.07, 6.45) is 1.84. The second-order valence-electron chi connectivity index (χ2n) is 3.21. The molecule has 0 aliphatic carbocycles. The number of nitrogens with zero attached hydrogens (tertiary/aromatic N) is 3. The molecule has 2 N–H and O–H groups in total. The average Bonchev–Trinajstić information content (AvgIpc) is 2.67. The summed E-state index contributed by atoms with van der Waals surface area (Å²) < 4.78 is 2.08. The molecule has 0 bridgehead atoms. The lowest BCUT2D eigenvalue weighted by Gasteiger charge is -2.01. The minimum atomic E-state index is 0.597. The zero-order valence-corrected chi connectivity index (χ0v) is 9.01. The van der Waals surface area contributed by atoms with Gasteiger partial charge in [0.25, 0.3) is 0 Å². The normalized spacial score (nSPS) is 10.7. The summed E-state index contributed by atoms with van der Waals surface area (Å²) in [5.41, 5.74) is 7.79. The van der Waals surface area contributed by atoms with Crippen LogP contribution in [-0.4, -0.2) is 14.5 Å². The van der Waals surface area contributed by atoms with Gasteiger partial charge in [0.05, 0.1) is 18.6 Å². The van der Waals surface area contributed by atoms with Crippen LogP contribution in [0.25, 0.3) is 0 Å². The van der Waals surface area contributed by atoms with E-state index in [4.69, 9.17) is 5.73 Å². The van der Waals surface area contributed by atoms with Gasteiger partial charge in [-0.3, -0.25) is 0 Å². The van der Waals surface area contributed by atoms with Gasteiger partial charge in [-0.1, -0.05) is 0 Å². The number of imidazole rings is 1. The third-order valence-corrected chi connectivity index (χ3v) is 3.07. The van der Waals surface area contributed by atoms with Gasteiger partial charge in [0.2, 0.25) is 0 Å². The molecule has 0 saturated carbocycles. The fourth-order valence-corrected chi connectivity index (χ4v) is 1.93. The SMILES string of the molecule is Cc1ncn(Cc2nc(N)cs2)c1C. The first kappa shape index (κ1) is 9.21. The second kappa shape index (κ2) is 3.42. The fraction of sp³-hybridized carbons (Fsp3) is 0.333. The molecule has 0 radical (unpaired) electrons. The van der Waals surface area contributed by atoms with Crippen LogP contribution in [0.1, 0.15) is 16.4 Å². The molecule has 2 aromatic rings. The molecular weight excluding hydrogens is 196 g/mol. The molecule has 2 heterocycles. The van der Waals surface area contributed by atoms with E-state index in [2.05, 4.69) is 21.5 Å². The van der Waals surface area contributed by atoms with E-state index in [0.29, 0.717) is 5.82 Å². The number of aryl methyl sites for hydroxylation is 1. The Morgan fingerprint density at radius 2 is 2.29 bits per heavy atom. The number of aromatic nitrogens is 3. The lowest BCUT2D eigenvalue weighted by molar-refractivity contribution is 0.763. The third kappa shape index (κ3) is 1.63. The molecule has 0 saturated heterocycles. The Morgan fingerprint density at radius 3 is 2.79 bits per heavy atom. The number of nitrogens with two attached hydrogens (primary N) is 1. The zero-order valence-electron chi connectivity index (χ0n) is 8.19. The van der Waals surface area contributed by atoms with Crippen LogP contribution < -0.4 is 5.73 Å². The Morgan fingerprint density at radius 1 is 1.50 bits per heavy atom. The van der Waals surface area contributed by atoms with E-state index >= 15 is 0 Å². The average molecular weight is 208 g/mol. The van der Waals surface area contributed by atoms with Gasteiger partial charge >= 0.3 is 0 Å². The Labute approximate surface area is 86.4 Å². The van der Waals surface area contributed by atoms with E-state index in [1.165, 1.54) is 5.69 Å². The van der Waals surface area contributed by atoms with E-state index < -0.39 is 0 Å². The highest BCUT2D eigenvalue weighted by molar-refractivity contribution is 7.10. The van der Waals surface area contributed by atoms with Crippen molar-refractivity contribution < 1.29 is 0 Å². The van der Waals surface area contributed by atoms with Crippen molar-refractivity contribution in [2.45, 2.75) is 20.4 Å². The molecular formula is C9H12N4S. The second-order valence-corrected chi connectivity index (χ2v) is 4.15. The molecule has 2 rings (SSSR count). The van der Waals surface area contributed by atoms with E-state index in [0.717, 1.165) is 17.2 Å². The maximum atomic E-state index is 5.55. The van der Waals surface area contributed by atoms with Crippen LogP contribution in [0.2, 0.25) is 0 Å². The summed E-state index contributed by atoms with van der Waals surface area (Å²) in [6, 6.07) is 0. The molecule has 74 valence electrons. The van der Waals surface area contributed by atoms with Crippen LogP contribution in [0.3, 0.4) is 0 Å². The molecule has 5 heteroatoms. The topological polar surface area (TPSA) is 56.7 Å².